The van der Waals surface area contributed by atoms with Crippen molar-refractivity contribution in [2.24, 2.45) is 0 Å². The van der Waals surface area contributed by atoms with Crippen molar-refractivity contribution in [2.45, 2.75) is 26.2 Å². The summed E-state index contributed by atoms with van der Waals surface area (Å²) in [7, 11) is -3.16. The van der Waals surface area contributed by atoms with E-state index >= 15 is 0 Å². The molecule has 0 aliphatic rings. The smallest absolute Gasteiger partial charge is 0.198 e. The molecule has 1 nitrogen and oxygen atoms in total. The Hall–Kier alpha value is 0.536. The van der Waals surface area contributed by atoms with Crippen LogP contribution in [-0.4, -0.2) is 16.6 Å². The Labute approximate surface area is 91.8 Å². The molecular formula is C8H18OPdSi2. The maximum Gasteiger partial charge on any atom is 0.198 e. The van der Waals surface area contributed by atoms with Crippen LogP contribution in [0.25, 0.3) is 0 Å². The minimum absolute atomic E-state index is 0. The topological polar surface area (TPSA) is 9.23 Å². The minimum Gasteiger partial charge on any atom is -0.449 e. The Kier molecular flexibility index (Phi) is 6.64. The van der Waals surface area contributed by atoms with Gasteiger partial charge in [-0.25, -0.2) is 0 Å². The third kappa shape index (κ3) is 6.10. The normalized spacial score (nSPS) is 11.7. The van der Waals surface area contributed by atoms with Crippen LogP contribution in [0.3, 0.4) is 0 Å². The molecule has 0 bridgehead atoms. The van der Waals surface area contributed by atoms with Crippen molar-refractivity contribution in [3.63, 3.8) is 0 Å². The molecule has 0 saturated carbocycles. The fourth-order valence-electron chi connectivity index (χ4n) is 0.761. The van der Waals surface area contributed by atoms with Crippen molar-refractivity contribution < 1.29 is 24.5 Å². The van der Waals surface area contributed by atoms with Gasteiger partial charge in [-0.1, -0.05) is 11.4 Å². The molecule has 0 atom stereocenters. The molecule has 0 rings (SSSR count). The van der Waals surface area contributed by atoms with E-state index in [0.29, 0.717) is 0 Å². The van der Waals surface area contributed by atoms with E-state index < -0.39 is 16.6 Å². The van der Waals surface area contributed by atoms with E-state index in [2.05, 4.69) is 39.3 Å². The molecule has 4 heteroatoms. The first-order valence-electron chi connectivity index (χ1n) is 3.80. The molecule has 0 fully saturated rings. The molecule has 0 aliphatic heterocycles. The van der Waals surface area contributed by atoms with Crippen LogP contribution in [0, 0.1) is 0 Å². The summed E-state index contributed by atoms with van der Waals surface area (Å²) in [6.07, 6.45) is 0. The van der Waals surface area contributed by atoms with Crippen LogP contribution in [0.4, 0.5) is 0 Å². The maximum atomic E-state index is 5.97. The summed E-state index contributed by atoms with van der Waals surface area (Å²) < 4.78 is 5.97. The first-order chi connectivity index (χ1) is 4.83. The van der Waals surface area contributed by atoms with Gasteiger partial charge in [-0.15, -0.1) is 13.2 Å². The molecule has 0 N–H and O–H groups in total. The SMILES string of the molecule is C=C[Si](C)(C)O[Si](C)(C)C=C.[Pd]. The molecular weight excluding hydrogens is 275 g/mol. The van der Waals surface area contributed by atoms with Crippen LogP contribution in [0.1, 0.15) is 0 Å². The molecule has 0 aliphatic carbocycles. The zero-order valence-corrected chi connectivity index (χ0v) is 11.8. The van der Waals surface area contributed by atoms with E-state index in [9.17, 15) is 0 Å². The van der Waals surface area contributed by atoms with Gasteiger partial charge in [0.05, 0.1) is 0 Å². The quantitative estimate of drug-likeness (QED) is 0.724. The third-order valence-electron chi connectivity index (χ3n) is 1.51. The van der Waals surface area contributed by atoms with E-state index in [-0.39, 0.29) is 20.4 Å². The van der Waals surface area contributed by atoms with Crippen LogP contribution in [-0.2, 0) is 24.5 Å². The van der Waals surface area contributed by atoms with E-state index in [1.54, 1.807) is 0 Å². The van der Waals surface area contributed by atoms with Gasteiger partial charge in [0.1, 0.15) is 0 Å². The molecule has 0 aromatic carbocycles. The number of rotatable bonds is 4. The summed E-state index contributed by atoms with van der Waals surface area (Å²) in [5.74, 6) is 0. The minimum atomic E-state index is -1.58. The van der Waals surface area contributed by atoms with E-state index in [4.69, 9.17) is 4.12 Å². The van der Waals surface area contributed by atoms with Gasteiger partial charge in [-0.2, -0.15) is 0 Å². The molecule has 0 radical (unpaired) electrons. The zero-order valence-electron chi connectivity index (χ0n) is 8.29. The van der Waals surface area contributed by atoms with Gasteiger partial charge in [0.15, 0.2) is 16.6 Å². The van der Waals surface area contributed by atoms with E-state index in [0.717, 1.165) is 0 Å². The fourth-order valence-corrected chi connectivity index (χ4v) is 6.85. The average Bonchev–Trinajstić information content (AvgIpc) is 1.86. The second kappa shape index (κ2) is 5.31. The maximum absolute atomic E-state index is 5.97. The van der Waals surface area contributed by atoms with Crippen molar-refractivity contribution in [3.05, 3.63) is 24.6 Å². The van der Waals surface area contributed by atoms with Gasteiger partial charge in [0, 0.05) is 20.4 Å². The molecule has 0 spiro atoms. The van der Waals surface area contributed by atoms with Crippen molar-refractivity contribution in [2.75, 3.05) is 0 Å². The molecule has 0 saturated heterocycles. The summed E-state index contributed by atoms with van der Waals surface area (Å²) >= 11 is 0. The monoisotopic (exact) mass is 292 g/mol. The van der Waals surface area contributed by atoms with Gasteiger partial charge in [0.2, 0.25) is 0 Å². The Morgan fingerprint density at radius 2 is 1.17 bits per heavy atom. The summed E-state index contributed by atoms with van der Waals surface area (Å²) in [5, 5.41) is 0. The van der Waals surface area contributed by atoms with Gasteiger partial charge >= 0.3 is 0 Å². The first kappa shape index (κ1) is 15.0. The van der Waals surface area contributed by atoms with Crippen LogP contribution in [0.15, 0.2) is 24.6 Å². The summed E-state index contributed by atoms with van der Waals surface area (Å²) in [6.45, 7) is 16.2. The molecule has 74 valence electrons. The summed E-state index contributed by atoms with van der Waals surface area (Å²) in [4.78, 5) is 0. The largest absolute Gasteiger partial charge is 0.449 e. The van der Waals surface area contributed by atoms with Crippen molar-refractivity contribution >= 4 is 16.6 Å². The Morgan fingerprint density at radius 3 is 1.33 bits per heavy atom. The van der Waals surface area contributed by atoms with Crippen LogP contribution < -0.4 is 0 Å². The Morgan fingerprint density at radius 1 is 0.917 bits per heavy atom. The van der Waals surface area contributed by atoms with Crippen LogP contribution >= 0.6 is 0 Å². The third-order valence-corrected chi connectivity index (χ3v) is 7.68. The van der Waals surface area contributed by atoms with Gasteiger partial charge in [0.25, 0.3) is 0 Å². The van der Waals surface area contributed by atoms with Crippen molar-refractivity contribution in [3.8, 4) is 0 Å². The number of hydrogen-bond acceptors (Lipinski definition) is 1. The second-order valence-corrected chi connectivity index (χ2v) is 11.8. The average molecular weight is 293 g/mol. The Bertz CT molecular complexity index is 148. The first-order valence-corrected chi connectivity index (χ1v) is 9.77. The molecule has 0 aromatic heterocycles. The molecule has 0 unspecified atom stereocenters. The molecule has 0 aromatic rings. The summed E-state index contributed by atoms with van der Waals surface area (Å²) in [6, 6.07) is 0. The van der Waals surface area contributed by atoms with Crippen LogP contribution in [0.2, 0.25) is 26.2 Å². The Balaban J connectivity index is 0. The summed E-state index contributed by atoms with van der Waals surface area (Å²) in [5.41, 5.74) is 3.93. The molecule has 12 heavy (non-hydrogen) atoms. The zero-order chi connectivity index (χ0) is 9.12. The fraction of sp³-hybridized carbons (Fsp3) is 0.500. The molecule has 0 heterocycles. The standard InChI is InChI=1S/C8H18OSi2.Pd/c1-7-10(3,4)9-11(5,6)8-2;/h7-8H,1-2H2,3-6H3;. The predicted molar refractivity (Wildman–Crippen MR) is 56.4 cm³/mol. The van der Waals surface area contributed by atoms with Gasteiger partial charge < -0.3 is 4.12 Å². The van der Waals surface area contributed by atoms with E-state index in [1.165, 1.54) is 0 Å². The van der Waals surface area contributed by atoms with Gasteiger partial charge in [-0.05, 0) is 26.2 Å². The van der Waals surface area contributed by atoms with Crippen LogP contribution in [0.5, 0.6) is 0 Å². The van der Waals surface area contributed by atoms with Gasteiger partial charge in [-0.3, -0.25) is 0 Å². The second-order valence-electron chi connectivity index (χ2n) is 3.72. The number of hydrogen-bond donors (Lipinski definition) is 0. The van der Waals surface area contributed by atoms with Crippen molar-refractivity contribution in [1.82, 2.24) is 0 Å². The van der Waals surface area contributed by atoms with E-state index in [1.807, 2.05) is 11.4 Å². The molecule has 0 amide bonds. The predicted octanol–water partition coefficient (Wildman–Crippen LogP) is 2.86. The van der Waals surface area contributed by atoms with Crippen molar-refractivity contribution in [1.29, 1.82) is 0 Å².